The Morgan fingerprint density at radius 1 is 1.21 bits per heavy atom. The molecule has 3 amide bonds. The minimum absolute atomic E-state index is 0.0392. The highest BCUT2D eigenvalue weighted by Crippen LogP contribution is 2.31. The van der Waals surface area contributed by atoms with Crippen molar-refractivity contribution in [2.45, 2.75) is 77.9 Å². The number of nitrogens with one attached hydrogen (secondary N) is 1. The van der Waals surface area contributed by atoms with Crippen LogP contribution in [0.1, 0.15) is 63.5 Å². The summed E-state index contributed by atoms with van der Waals surface area (Å²) in [7, 11) is 3.43. The third-order valence-corrected chi connectivity index (χ3v) is 8.74. The van der Waals surface area contributed by atoms with Gasteiger partial charge in [0.2, 0.25) is 11.8 Å². The molecule has 38 heavy (non-hydrogen) atoms. The molecule has 2 aliphatic heterocycles. The number of nitrogens with zero attached hydrogens (tertiary/aromatic N) is 3. The summed E-state index contributed by atoms with van der Waals surface area (Å²) < 4.78 is 0. The SMILES string of the molecule is C=C(NC(=O)[C@H]1CCC(=O)N1C1CCN(Cc2ccc(Cl)c(C)c2)CC1)S/C(C(=O)N(C)C)=C(\C)CCC. The molecule has 3 rings (SSSR count). The normalized spacial score (nSPS) is 19.4. The van der Waals surface area contributed by atoms with Crippen molar-refractivity contribution in [2.75, 3.05) is 27.2 Å². The number of hydrogen-bond acceptors (Lipinski definition) is 5. The lowest BCUT2D eigenvalue weighted by Gasteiger charge is -2.39. The van der Waals surface area contributed by atoms with Crippen molar-refractivity contribution in [3.63, 3.8) is 0 Å². The predicted octanol–water partition coefficient (Wildman–Crippen LogP) is 5.09. The number of halogens is 1. The highest BCUT2D eigenvalue weighted by atomic mass is 35.5. The number of allylic oxidation sites excluding steroid dienone is 1. The van der Waals surface area contributed by atoms with E-state index in [1.807, 2.05) is 19.9 Å². The second-order valence-electron chi connectivity index (χ2n) is 10.5. The second kappa shape index (κ2) is 13.7. The summed E-state index contributed by atoms with van der Waals surface area (Å²) in [5, 5.41) is 4.08. The monoisotopic (exact) mass is 560 g/mol. The van der Waals surface area contributed by atoms with Crippen LogP contribution in [0.2, 0.25) is 5.02 Å². The largest absolute Gasteiger partial charge is 0.344 e. The van der Waals surface area contributed by atoms with Gasteiger partial charge in [0, 0.05) is 51.2 Å². The van der Waals surface area contributed by atoms with E-state index in [1.54, 1.807) is 19.0 Å². The highest BCUT2D eigenvalue weighted by Gasteiger charge is 2.41. The summed E-state index contributed by atoms with van der Waals surface area (Å²) in [6.45, 7) is 12.6. The number of rotatable bonds is 10. The molecule has 0 bridgehead atoms. The maximum atomic E-state index is 13.3. The van der Waals surface area contributed by atoms with E-state index in [1.165, 1.54) is 22.2 Å². The molecular weight excluding hydrogens is 520 g/mol. The number of likely N-dealkylation sites (N-methyl/N-ethyl adjacent to an activating group) is 1. The summed E-state index contributed by atoms with van der Waals surface area (Å²) >= 11 is 7.37. The Morgan fingerprint density at radius 3 is 2.50 bits per heavy atom. The minimum atomic E-state index is -0.510. The van der Waals surface area contributed by atoms with Crippen molar-refractivity contribution >= 4 is 41.1 Å². The lowest BCUT2D eigenvalue weighted by Crippen LogP contribution is -2.52. The van der Waals surface area contributed by atoms with Crippen molar-refractivity contribution in [1.82, 2.24) is 20.0 Å². The molecule has 1 N–H and O–H groups in total. The average Bonchev–Trinajstić information content (AvgIpc) is 3.26. The van der Waals surface area contributed by atoms with E-state index in [2.05, 4.69) is 35.9 Å². The summed E-state index contributed by atoms with van der Waals surface area (Å²) in [5.74, 6) is -0.288. The van der Waals surface area contributed by atoms with Crippen LogP contribution in [0.4, 0.5) is 0 Å². The molecule has 9 heteroatoms. The standard InChI is InChI=1S/C29H41ClN4O3S/c1-7-8-19(2)27(29(37)32(5)6)38-21(4)31-28(36)25-11-12-26(35)34(25)23-13-15-33(16-14-23)18-22-9-10-24(30)20(3)17-22/h9-10,17,23,25H,4,7-8,11-16,18H2,1-3,5-6H3,(H,31,36)/b27-19+/t25-/m1/s1. The summed E-state index contributed by atoms with van der Waals surface area (Å²) in [6, 6.07) is 5.66. The molecule has 0 aromatic heterocycles. The predicted molar refractivity (Wildman–Crippen MR) is 156 cm³/mol. The fraction of sp³-hybridized carbons (Fsp3) is 0.552. The summed E-state index contributed by atoms with van der Waals surface area (Å²) in [6.07, 6.45) is 4.26. The Labute approximate surface area is 236 Å². The van der Waals surface area contributed by atoms with Gasteiger partial charge in [-0.25, -0.2) is 0 Å². The number of aryl methyl sites for hydroxylation is 1. The van der Waals surface area contributed by atoms with E-state index in [-0.39, 0.29) is 23.8 Å². The number of thioether (sulfide) groups is 1. The average molecular weight is 561 g/mol. The van der Waals surface area contributed by atoms with Crippen molar-refractivity contribution in [3.05, 3.63) is 56.4 Å². The lowest BCUT2D eigenvalue weighted by molar-refractivity contribution is -0.138. The van der Waals surface area contributed by atoms with Crippen LogP contribution >= 0.6 is 23.4 Å². The van der Waals surface area contributed by atoms with Crippen molar-refractivity contribution in [1.29, 1.82) is 0 Å². The fourth-order valence-corrected chi connectivity index (χ4v) is 6.27. The molecule has 0 unspecified atom stereocenters. The first kappa shape index (κ1) is 30.3. The zero-order valence-corrected chi connectivity index (χ0v) is 24.9. The van der Waals surface area contributed by atoms with Crippen molar-refractivity contribution in [3.8, 4) is 0 Å². The van der Waals surface area contributed by atoms with E-state index in [9.17, 15) is 14.4 Å². The fourth-order valence-electron chi connectivity index (χ4n) is 5.21. The van der Waals surface area contributed by atoms with Crippen LogP contribution in [0.5, 0.6) is 0 Å². The summed E-state index contributed by atoms with van der Waals surface area (Å²) in [4.78, 5) is 45.2. The Kier molecular flexibility index (Phi) is 10.9. The first-order chi connectivity index (χ1) is 18.0. The van der Waals surface area contributed by atoms with Crippen LogP contribution in [-0.2, 0) is 20.9 Å². The van der Waals surface area contributed by atoms with Crippen LogP contribution in [0.15, 0.2) is 40.3 Å². The van der Waals surface area contributed by atoms with Gasteiger partial charge in [0.25, 0.3) is 5.91 Å². The molecule has 7 nitrogen and oxygen atoms in total. The van der Waals surface area contributed by atoms with E-state index in [0.29, 0.717) is 22.8 Å². The number of carbonyl (C=O) groups is 3. The lowest BCUT2D eigenvalue weighted by atomic mass is 10.0. The molecule has 0 saturated carbocycles. The number of likely N-dealkylation sites (tertiary alicyclic amines) is 2. The third kappa shape index (κ3) is 7.64. The number of piperidine rings is 1. The van der Waals surface area contributed by atoms with E-state index in [4.69, 9.17) is 11.6 Å². The van der Waals surface area contributed by atoms with Gasteiger partial charge in [0.15, 0.2) is 0 Å². The van der Waals surface area contributed by atoms with Crippen LogP contribution in [0.25, 0.3) is 0 Å². The van der Waals surface area contributed by atoms with Gasteiger partial charge in [0.1, 0.15) is 6.04 Å². The molecule has 2 fully saturated rings. The Bertz CT molecular complexity index is 1100. The third-order valence-electron chi connectivity index (χ3n) is 7.24. The molecule has 2 saturated heterocycles. The molecule has 2 aliphatic rings. The van der Waals surface area contributed by atoms with Crippen molar-refractivity contribution < 1.29 is 14.4 Å². The zero-order valence-electron chi connectivity index (χ0n) is 23.3. The minimum Gasteiger partial charge on any atom is -0.344 e. The van der Waals surface area contributed by atoms with Gasteiger partial charge < -0.3 is 15.1 Å². The second-order valence-corrected chi connectivity index (χ2v) is 12.0. The molecular formula is C29H41ClN4O3S. The zero-order chi connectivity index (χ0) is 28.0. The smallest absolute Gasteiger partial charge is 0.260 e. The number of carbonyl (C=O) groups excluding carboxylic acids is 3. The van der Waals surface area contributed by atoms with Crippen LogP contribution in [-0.4, -0.2) is 71.7 Å². The van der Waals surface area contributed by atoms with Gasteiger partial charge in [0.05, 0.1) is 9.93 Å². The first-order valence-corrected chi connectivity index (χ1v) is 14.6. The van der Waals surface area contributed by atoms with Gasteiger partial charge in [-0.3, -0.25) is 19.3 Å². The maximum absolute atomic E-state index is 13.3. The molecule has 0 aliphatic carbocycles. The van der Waals surface area contributed by atoms with Crippen LogP contribution < -0.4 is 5.32 Å². The van der Waals surface area contributed by atoms with E-state index in [0.717, 1.165) is 61.5 Å². The maximum Gasteiger partial charge on any atom is 0.260 e. The van der Waals surface area contributed by atoms with Gasteiger partial charge in [-0.2, -0.15) is 0 Å². The number of hydrogen-bond donors (Lipinski definition) is 1. The van der Waals surface area contributed by atoms with Gasteiger partial charge in [-0.15, -0.1) is 0 Å². The number of benzene rings is 1. The quantitative estimate of drug-likeness (QED) is 0.404. The Balaban J connectivity index is 1.60. The Morgan fingerprint density at radius 2 is 1.89 bits per heavy atom. The molecule has 1 aromatic carbocycles. The van der Waals surface area contributed by atoms with Crippen LogP contribution in [0, 0.1) is 6.92 Å². The van der Waals surface area contributed by atoms with Crippen molar-refractivity contribution in [2.24, 2.45) is 0 Å². The highest BCUT2D eigenvalue weighted by molar-refractivity contribution is 8.07. The van der Waals surface area contributed by atoms with E-state index >= 15 is 0 Å². The van der Waals surface area contributed by atoms with Gasteiger partial charge in [-0.05, 0) is 56.7 Å². The Hall–Kier alpha value is -2.29. The molecule has 208 valence electrons. The van der Waals surface area contributed by atoms with Gasteiger partial charge >= 0.3 is 0 Å². The molecule has 0 radical (unpaired) electrons. The molecule has 1 aromatic rings. The first-order valence-electron chi connectivity index (χ1n) is 13.4. The number of amides is 3. The van der Waals surface area contributed by atoms with Crippen LogP contribution in [0.3, 0.4) is 0 Å². The molecule has 2 heterocycles. The molecule has 0 spiro atoms. The molecule has 1 atom stereocenters. The van der Waals surface area contributed by atoms with E-state index < -0.39 is 6.04 Å². The summed E-state index contributed by atoms with van der Waals surface area (Å²) in [5.41, 5.74) is 3.28. The topological polar surface area (TPSA) is 73.0 Å². The van der Waals surface area contributed by atoms with Gasteiger partial charge in [-0.1, -0.05) is 61.0 Å².